The highest BCUT2D eigenvalue weighted by atomic mass is 19.4. The lowest BCUT2D eigenvalue weighted by Crippen LogP contribution is -2.48. The summed E-state index contributed by atoms with van der Waals surface area (Å²) in [6.45, 7) is 1.32. The molecule has 52 heavy (non-hydrogen) atoms. The van der Waals surface area contributed by atoms with Crippen LogP contribution >= 0.6 is 0 Å². The van der Waals surface area contributed by atoms with E-state index >= 15 is 0 Å². The highest BCUT2D eigenvalue weighted by Gasteiger charge is 2.30. The summed E-state index contributed by atoms with van der Waals surface area (Å²) in [6.07, 6.45) is -2.87. The molecule has 0 bridgehead atoms. The van der Waals surface area contributed by atoms with Gasteiger partial charge in [-0.15, -0.1) is 0 Å². The Morgan fingerprint density at radius 1 is 0.865 bits per heavy atom. The van der Waals surface area contributed by atoms with Gasteiger partial charge in [-0.3, -0.25) is 14.5 Å². The highest BCUT2D eigenvalue weighted by molar-refractivity contribution is 6.05. The lowest BCUT2D eigenvalue weighted by molar-refractivity contribution is -0.137. The summed E-state index contributed by atoms with van der Waals surface area (Å²) < 4.78 is 77.2. The van der Waals surface area contributed by atoms with Crippen LogP contribution < -0.4 is 14.4 Å². The summed E-state index contributed by atoms with van der Waals surface area (Å²) in [6, 6.07) is 18.2. The Morgan fingerprint density at radius 2 is 1.50 bits per heavy atom. The van der Waals surface area contributed by atoms with Crippen molar-refractivity contribution in [2.75, 3.05) is 51.5 Å². The Bertz CT molecular complexity index is 2010. The zero-order valence-corrected chi connectivity index (χ0v) is 28.3. The van der Waals surface area contributed by atoms with Crippen LogP contribution in [-0.4, -0.2) is 88.8 Å². The molecule has 272 valence electrons. The Labute approximate surface area is 296 Å². The van der Waals surface area contributed by atoms with Gasteiger partial charge in [0.05, 0.1) is 29.2 Å². The third-order valence-electron chi connectivity index (χ3n) is 8.85. The van der Waals surface area contributed by atoms with Crippen LogP contribution in [0, 0.1) is 0 Å². The molecule has 5 aromatic rings. The van der Waals surface area contributed by atoms with Crippen LogP contribution in [0.2, 0.25) is 0 Å². The second-order valence-corrected chi connectivity index (χ2v) is 12.3. The molecule has 0 spiro atoms. The molecule has 0 atom stereocenters. The van der Waals surface area contributed by atoms with Crippen molar-refractivity contribution in [1.29, 1.82) is 0 Å². The number of anilines is 1. The molecule has 1 aliphatic rings. The number of ether oxygens (including phenoxy) is 2. The van der Waals surface area contributed by atoms with E-state index in [1.165, 1.54) is 24.3 Å². The quantitative estimate of drug-likeness (QED) is 0.140. The van der Waals surface area contributed by atoms with Crippen molar-refractivity contribution in [2.45, 2.75) is 18.8 Å². The van der Waals surface area contributed by atoms with Crippen molar-refractivity contribution in [1.82, 2.24) is 24.3 Å². The van der Waals surface area contributed by atoms with Gasteiger partial charge >= 0.3 is 12.2 Å². The molecule has 0 radical (unpaired) electrons. The molecule has 1 fully saturated rings. The maximum absolute atomic E-state index is 13.6. The fourth-order valence-electron chi connectivity index (χ4n) is 5.83. The van der Waals surface area contributed by atoms with Crippen molar-refractivity contribution in [3.05, 3.63) is 108 Å². The van der Waals surface area contributed by atoms with E-state index in [-0.39, 0.29) is 17.5 Å². The molecule has 10 nitrogen and oxygen atoms in total. The van der Waals surface area contributed by atoms with Crippen molar-refractivity contribution in [3.8, 4) is 17.5 Å². The molecule has 2 aromatic heterocycles. The van der Waals surface area contributed by atoms with Crippen LogP contribution in [0.3, 0.4) is 0 Å². The summed E-state index contributed by atoms with van der Waals surface area (Å²) in [5.74, 6) is 0.212. The minimum Gasteiger partial charge on any atom is -0.485 e. The van der Waals surface area contributed by atoms with Gasteiger partial charge in [-0.2, -0.15) is 13.2 Å². The first kappa shape index (κ1) is 36.2. The molecule has 0 N–H and O–H groups in total. The number of carbonyl (C=O) groups is 2. The average molecular weight is 723 g/mol. The number of hydrogen-bond acceptors (Lipinski definition) is 7. The van der Waals surface area contributed by atoms with Gasteiger partial charge in [0, 0.05) is 63.8 Å². The topological polar surface area (TPSA) is 93.0 Å². The largest absolute Gasteiger partial charge is 0.485 e. The first-order chi connectivity index (χ1) is 24.9. The number of fused-ring (bicyclic) bond motifs is 1. The Morgan fingerprint density at radius 3 is 2.12 bits per heavy atom. The third-order valence-corrected chi connectivity index (χ3v) is 8.85. The van der Waals surface area contributed by atoms with Gasteiger partial charge in [0.2, 0.25) is 0 Å². The Kier molecular flexibility index (Phi) is 10.7. The van der Waals surface area contributed by atoms with E-state index < -0.39 is 37.1 Å². The van der Waals surface area contributed by atoms with Crippen LogP contribution in [0.5, 0.6) is 17.5 Å². The number of nitrogens with zero attached hydrogens (tertiary/aromatic N) is 6. The smallest absolute Gasteiger partial charge is 0.416 e. The van der Waals surface area contributed by atoms with Crippen LogP contribution in [-0.2, 0) is 19.8 Å². The normalized spacial score (nSPS) is 13.8. The molecule has 15 heteroatoms. The zero-order chi connectivity index (χ0) is 37.0. The molecule has 1 saturated heterocycles. The number of halogens is 5. The van der Waals surface area contributed by atoms with Crippen molar-refractivity contribution >= 4 is 28.4 Å². The molecule has 0 aliphatic carbocycles. The number of amides is 2. The third kappa shape index (κ3) is 8.15. The van der Waals surface area contributed by atoms with Gasteiger partial charge in [-0.1, -0.05) is 12.1 Å². The average Bonchev–Trinajstić information content (AvgIpc) is 3.49. The number of rotatable bonds is 11. The first-order valence-electron chi connectivity index (χ1n) is 16.4. The van der Waals surface area contributed by atoms with Crippen molar-refractivity contribution < 1.29 is 41.0 Å². The SMILES string of the molecule is CN(C(=O)c1ccc(C(F)(F)F)cc1)c1cnc(Oc2ccc3cc(C(=O)N4CCN(Cc5ccc(OC(CF)CF)cc5)CC4)n(C)c3c2)nc1. The van der Waals surface area contributed by atoms with Gasteiger partial charge in [0.25, 0.3) is 11.8 Å². The van der Waals surface area contributed by atoms with Gasteiger partial charge in [-0.05, 0) is 60.2 Å². The molecule has 6 rings (SSSR count). The van der Waals surface area contributed by atoms with Crippen molar-refractivity contribution in [2.24, 2.45) is 7.05 Å². The number of piperazine rings is 1. The fourth-order valence-corrected chi connectivity index (χ4v) is 5.83. The van der Waals surface area contributed by atoms with E-state index in [1.54, 1.807) is 31.3 Å². The van der Waals surface area contributed by atoms with E-state index in [1.807, 2.05) is 33.7 Å². The van der Waals surface area contributed by atoms with E-state index in [2.05, 4.69) is 14.9 Å². The fraction of sp³-hybridized carbons (Fsp3) is 0.297. The number of aryl methyl sites for hydroxylation is 1. The maximum Gasteiger partial charge on any atom is 0.416 e. The maximum atomic E-state index is 13.6. The van der Waals surface area contributed by atoms with E-state index in [0.717, 1.165) is 40.7 Å². The van der Waals surface area contributed by atoms with Gasteiger partial charge in [0.15, 0.2) is 6.10 Å². The second kappa shape index (κ2) is 15.4. The molecule has 3 heterocycles. The number of carbonyl (C=O) groups excluding carboxylic acids is 2. The molecular formula is C37H35F5N6O4. The summed E-state index contributed by atoms with van der Waals surface area (Å²) in [5, 5.41) is 0.841. The van der Waals surface area contributed by atoms with Crippen LogP contribution in [0.15, 0.2) is 85.2 Å². The molecular weight excluding hydrogens is 687 g/mol. The zero-order valence-electron chi connectivity index (χ0n) is 28.3. The highest BCUT2D eigenvalue weighted by Crippen LogP contribution is 2.30. The van der Waals surface area contributed by atoms with Gasteiger partial charge in [0.1, 0.15) is 30.5 Å². The summed E-state index contributed by atoms with van der Waals surface area (Å²) in [7, 11) is 3.27. The number of aromatic nitrogens is 3. The Balaban J connectivity index is 1.04. The van der Waals surface area contributed by atoms with E-state index in [0.29, 0.717) is 55.6 Å². The lowest BCUT2D eigenvalue weighted by Gasteiger charge is -2.34. The second-order valence-electron chi connectivity index (χ2n) is 12.3. The predicted octanol–water partition coefficient (Wildman–Crippen LogP) is 6.70. The molecule has 0 saturated carbocycles. The van der Waals surface area contributed by atoms with E-state index in [9.17, 15) is 31.5 Å². The lowest BCUT2D eigenvalue weighted by atomic mass is 10.1. The molecule has 0 unspecified atom stereocenters. The summed E-state index contributed by atoms with van der Waals surface area (Å²) in [4.78, 5) is 40.1. The monoisotopic (exact) mass is 722 g/mol. The standard InChI is InChI=1S/C37H35F5N6O4/c1-45(34(49)25-5-8-27(9-6-25)37(40,41)42)28-21-43-36(44-22-28)52-30-12-7-26-17-33(46(2)32(26)18-30)35(50)48-15-13-47(14-16-48)23-24-3-10-29(11-4-24)51-31(19-38)20-39/h3-12,17-18,21-22,31H,13-16,19-20,23H2,1-2H3. The van der Waals surface area contributed by atoms with Gasteiger partial charge in [-0.25, -0.2) is 18.7 Å². The number of alkyl halides is 5. The summed E-state index contributed by atoms with van der Waals surface area (Å²) >= 11 is 0. The van der Waals surface area contributed by atoms with Gasteiger partial charge < -0.3 is 23.8 Å². The van der Waals surface area contributed by atoms with Crippen LogP contribution in [0.25, 0.3) is 10.9 Å². The molecule has 3 aromatic carbocycles. The first-order valence-corrected chi connectivity index (χ1v) is 16.4. The Hall–Kier alpha value is -5.57. The summed E-state index contributed by atoms with van der Waals surface area (Å²) in [5.41, 5.74) is 1.84. The number of benzene rings is 3. The number of hydrogen-bond donors (Lipinski definition) is 0. The predicted molar refractivity (Wildman–Crippen MR) is 183 cm³/mol. The van der Waals surface area contributed by atoms with Crippen molar-refractivity contribution in [3.63, 3.8) is 0 Å². The molecule has 1 aliphatic heterocycles. The minimum absolute atomic E-state index is 0.00775. The van der Waals surface area contributed by atoms with E-state index in [4.69, 9.17) is 9.47 Å². The van der Waals surface area contributed by atoms with Crippen LogP contribution in [0.1, 0.15) is 32.0 Å². The molecule has 2 amide bonds. The minimum atomic E-state index is -4.50. The van der Waals surface area contributed by atoms with Crippen LogP contribution in [0.4, 0.5) is 27.6 Å².